The lowest BCUT2D eigenvalue weighted by atomic mass is 10.1. The predicted octanol–water partition coefficient (Wildman–Crippen LogP) is 3.41. The molecule has 0 N–H and O–H groups in total. The second kappa shape index (κ2) is 6.25. The Morgan fingerprint density at radius 2 is 2.15 bits per heavy atom. The van der Waals surface area contributed by atoms with Crippen LogP contribution in [0.4, 0.5) is 0 Å². The molecule has 4 heteroatoms. The van der Waals surface area contributed by atoms with Gasteiger partial charge in [-0.2, -0.15) is 5.26 Å². The van der Waals surface area contributed by atoms with E-state index in [1.807, 2.05) is 6.07 Å². The Bertz CT molecular complexity index is 710. The molecule has 2 rings (SSSR count). The number of ether oxygens (including phenoxy) is 1. The van der Waals surface area contributed by atoms with Crippen molar-refractivity contribution in [3.8, 4) is 11.8 Å². The Balaban J connectivity index is 2.55. The summed E-state index contributed by atoms with van der Waals surface area (Å²) in [5.41, 5.74) is 0.335. The minimum atomic E-state index is -0.279. The number of nitriles is 1. The SMILES string of the molecule is CCCCCc1oc2ccc(OC)cc2c(=O)c1C#N. The first-order valence-corrected chi connectivity index (χ1v) is 6.75. The van der Waals surface area contributed by atoms with Gasteiger partial charge in [-0.15, -0.1) is 0 Å². The van der Waals surface area contributed by atoms with E-state index in [-0.39, 0.29) is 11.0 Å². The first kappa shape index (κ1) is 14.1. The fourth-order valence-electron chi connectivity index (χ4n) is 2.17. The number of methoxy groups -OCH3 is 1. The van der Waals surface area contributed by atoms with Gasteiger partial charge in [0.2, 0.25) is 5.43 Å². The highest BCUT2D eigenvalue weighted by molar-refractivity contribution is 5.79. The van der Waals surface area contributed by atoms with Gasteiger partial charge in [-0.1, -0.05) is 19.8 Å². The van der Waals surface area contributed by atoms with Crippen LogP contribution in [0.5, 0.6) is 5.75 Å². The number of fused-ring (bicyclic) bond motifs is 1. The lowest BCUT2D eigenvalue weighted by Crippen LogP contribution is -2.10. The summed E-state index contributed by atoms with van der Waals surface area (Å²) in [6.45, 7) is 2.11. The van der Waals surface area contributed by atoms with Crippen LogP contribution in [0, 0.1) is 11.3 Å². The first-order valence-electron chi connectivity index (χ1n) is 6.75. The predicted molar refractivity (Wildman–Crippen MR) is 77.0 cm³/mol. The molecule has 0 radical (unpaired) electrons. The average molecular weight is 271 g/mol. The van der Waals surface area contributed by atoms with Gasteiger partial charge >= 0.3 is 0 Å². The molecule has 0 saturated carbocycles. The summed E-state index contributed by atoms with van der Waals surface area (Å²) in [5, 5.41) is 9.59. The molecule has 20 heavy (non-hydrogen) atoms. The molecular formula is C16H17NO3. The lowest BCUT2D eigenvalue weighted by molar-refractivity contribution is 0.415. The van der Waals surface area contributed by atoms with Gasteiger partial charge in [0.25, 0.3) is 0 Å². The maximum Gasteiger partial charge on any atom is 0.210 e. The van der Waals surface area contributed by atoms with Crippen LogP contribution < -0.4 is 10.2 Å². The standard InChI is InChI=1S/C16H17NO3/c1-3-4-5-6-14-13(10-17)16(18)12-9-11(19-2)7-8-15(12)20-14/h7-9H,3-6H2,1-2H3. The zero-order valence-corrected chi connectivity index (χ0v) is 11.7. The molecule has 0 unspecified atom stereocenters. The molecule has 0 saturated heterocycles. The van der Waals surface area contributed by atoms with Gasteiger partial charge in [-0.3, -0.25) is 4.79 Å². The molecule has 1 aromatic carbocycles. The monoisotopic (exact) mass is 271 g/mol. The lowest BCUT2D eigenvalue weighted by Gasteiger charge is -2.06. The van der Waals surface area contributed by atoms with Crippen molar-refractivity contribution in [3.63, 3.8) is 0 Å². The average Bonchev–Trinajstić information content (AvgIpc) is 2.47. The molecule has 4 nitrogen and oxygen atoms in total. The molecule has 1 aromatic heterocycles. The molecule has 0 fully saturated rings. The van der Waals surface area contributed by atoms with Gasteiger partial charge in [0.15, 0.2) is 0 Å². The second-order valence-electron chi connectivity index (χ2n) is 4.66. The Morgan fingerprint density at radius 3 is 2.80 bits per heavy atom. The van der Waals surface area contributed by atoms with E-state index < -0.39 is 0 Å². The van der Waals surface area contributed by atoms with E-state index in [1.54, 1.807) is 18.2 Å². The molecule has 2 aromatic rings. The highest BCUT2D eigenvalue weighted by Gasteiger charge is 2.14. The Morgan fingerprint density at radius 1 is 1.35 bits per heavy atom. The summed E-state index contributed by atoms with van der Waals surface area (Å²) in [4.78, 5) is 12.3. The molecule has 0 amide bonds. The number of unbranched alkanes of at least 4 members (excludes halogenated alkanes) is 2. The molecule has 1 heterocycles. The van der Waals surface area contributed by atoms with Gasteiger partial charge in [0.05, 0.1) is 12.5 Å². The van der Waals surface area contributed by atoms with E-state index in [0.717, 1.165) is 19.3 Å². The molecule has 0 bridgehead atoms. The number of hydrogen-bond acceptors (Lipinski definition) is 4. The van der Waals surface area contributed by atoms with Gasteiger partial charge < -0.3 is 9.15 Å². The van der Waals surface area contributed by atoms with Crippen molar-refractivity contribution < 1.29 is 9.15 Å². The summed E-state index contributed by atoms with van der Waals surface area (Å²) >= 11 is 0. The van der Waals surface area contributed by atoms with Crippen LogP contribution in [0.2, 0.25) is 0 Å². The van der Waals surface area contributed by atoms with Crippen LogP contribution >= 0.6 is 0 Å². The summed E-state index contributed by atoms with van der Waals surface area (Å²) in [6.07, 6.45) is 3.66. The normalized spacial score (nSPS) is 10.4. The quantitative estimate of drug-likeness (QED) is 0.782. The van der Waals surface area contributed by atoms with Crippen LogP contribution in [-0.4, -0.2) is 7.11 Å². The molecule has 0 spiro atoms. The van der Waals surface area contributed by atoms with E-state index >= 15 is 0 Å². The van der Waals surface area contributed by atoms with Crippen molar-refractivity contribution in [2.24, 2.45) is 0 Å². The van der Waals surface area contributed by atoms with E-state index in [4.69, 9.17) is 9.15 Å². The molecule has 0 aliphatic heterocycles. The van der Waals surface area contributed by atoms with Gasteiger partial charge in [-0.05, 0) is 24.6 Å². The molecule has 104 valence electrons. The van der Waals surface area contributed by atoms with Crippen LogP contribution in [0.3, 0.4) is 0 Å². The third kappa shape index (κ3) is 2.67. The van der Waals surface area contributed by atoms with E-state index in [2.05, 4.69) is 6.92 Å². The van der Waals surface area contributed by atoms with Crippen molar-refractivity contribution >= 4 is 11.0 Å². The Kier molecular flexibility index (Phi) is 4.41. The molecule has 0 aliphatic rings. The van der Waals surface area contributed by atoms with Crippen molar-refractivity contribution in [1.82, 2.24) is 0 Å². The van der Waals surface area contributed by atoms with Crippen LogP contribution in [-0.2, 0) is 6.42 Å². The van der Waals surface area contributed by atoms with E-state index in [1.165, 1.54) is 7.11 Å². The van der Waals surface area contributed by atoms with Crippen molar-refractivity contribution in [1.29, 1.82) is 5.26 Å². The van der Waals surface area contributed by atoms with Crippen molar-refractivity contribution in [3.05, 3.63) is 39.7 Å². The smallest absolute Gasteiger partial charge is 0.210 e. The molecule has 0 aliphatic carbocycles. The van der Waals surface area contributed by atoms with Gasteiger partial charge in [0, 0.05) is 6.42 Å². The maximum absolute atomic E-state index is 12.3. The topological polar surface area (TPSA) is 63.2 Å². The van der Waals surface area contributed by atoms with Gasteiger partial charge in [0.1, 0.15) is 28.7 Å². The number of nitrogens with zero attached hydrogens (tertiary/aromatic N) is 1. The minimum Gasteiger partial charge on any atom is -0.497 e. The third-order valence-corrected chi connectivity index (χ3v) is 3.29. The number of hydrogen-bond donors (Lipinski definition) is 0. The largest absolute Gasteiger partial charge is 0.497 e. The maximum atomic E-state index is 12.3. The zero-order chi connectivity index (χ0) is 14.5. The summed E-state index contributed by atoms with van der Waals surface area (Å²) < 4.78 is 10.8. The number of benzene rings is 1. The highest BCUT2D eigenvalue weighted by atomic mass is 16.5. The van der Waals surface area contributed by atoms with E-state index in [0.29, 0.717) is 28.9 Å². The summed E-state index contributed by atoms with van der Waals surface area (Å²) in [5.74, 6) is 1.07. The third-order valence-electron chi connectivity index (χ3n) is 3.29. The van der Waals surface area contributed by atoms with Crippen LogP contribution in [0.25, 0.3) is 11.0 Å². The minimum absolute atomic E-state index is 0.113. The Labute approximate surface area is 117 Å². The summed E-state index contributed by atoms with van der Waals surface area (Å²) in [6, 6.07) is 7.03. The first-order chi connectivity index (χ1) is 9.71. The van der Waals surface area contributed by atoms with Gasteiger partial charge in [-0.25, -0.2) is 0 Å². The number of rotatable bonds is 5. The second-order valence-corrected chi connectivity index (χ2v) is 4.66. The fraction of sp³-hybridized carbons (Fsp3) is 0.375. The molecule has 0 atom stereocenters. The van der Waals surface area contributed by atoms with Crippen LogP contribution in [0.15, 0.2) is 27.4 Å². The number of aryl methyl sites for hydroxylation is 1. The summed E-state index contributed by atoms with van der Waals surface area (Å²) in [7, 11) is 1.53. The van der Waals surface area contributed by atoms with E-state index in [9.17, 15) is 10.1 Å². The van der Waals surface area contributed by atoms with Crippen molar-refractivity contribution in [2.45, 2.75) is 32.6 Å². The molecular weight excluding hydrogens is 254 g/mol. The highest BCUT2D eigenvalue weighted by Crippen LogP contribution is 2.21. The van der Waals surface area contributed by atoms with Crippen LogP contribution in [0.1, 0.15) is 37.5 Å². The van der Waals surface area contributed by atoms with Crippen molar-refractivity contribution in [2.75, 3.05) is 7.11 Å². The fourth-order valence-corrected chi connectivity index (χ4v) is 2.17. The zero-order valence-electron chi connectivity index (χ0n) is 11.7. The Hall–Kier alpha value is -2.28.